The highest BCUT2D eigenvalue weighted by molar-refractivity contribution is 5.85. The van der Waals surface area contributed by atoms with Crippen LogP contribution in [0.25, 0.3) is 12.2 Å². The summed E-state index contributed by atoms with van der Waals surface area (Å²) < 4.78 is 0. The summed E-state index contributed by atoms with van der Waals surface area (Å²) in [7, 11) is 0. The molecule has 22 heavy (non-hydrogen) atoms. The van der Waals surface area contributed by atoms with Gasteiger partial charge in [-0.15, -0.1) is 0 Å². The Bertz CT molecular complexity index is 802. The molecule has 108 valence electrons. The normalized spacial score (nSPS) is 10.3. The van der Waals surface area contributed by atoms with E-state index in [1.54, 1.807) is 36.4 Å². The average molecular weight is 294 g/mol. The second-order valence-corrected chi connectivity index (χ2v) is 4.42. The largest absolute Gasteiger partial charge is 0.502 e. The summed E-state index contributed by atoms with van der Waals surface area (Å²) in [6.07, 6.45) is 3.63. The van der Waals surface area contributed by atoms with Gasteiger partial charge in [-0.2, -0.15) is 5.26 Å². The molecule has 0 heterocycles. The number of benzene rings is 2. The van der Waals surface area contributed by atoms with Gasteiger partial charge >= 0.3 is 5.69 Å². The Labute approximate surface area is 125 Å². The van der Waals surface area contributed by atoms with Crippen molar-refractivity contribution in [3.05, 3.63) is 68.8 Å². The van der Waals surface area contributed by atoms with Crippen LogP contribution in [0.4, 0.5) is 5.69 Å². The van der Waals surface area contributed by atoms with Crippen LogP contribution in [0.15, 0.2) is 36.4 Å². The van der Waals surface area contributed by atoms with Gasteiger partial charge in [-0.3, -0.25) is 14.9 Å². The monoisotopic (exact) mass is 294 g/mol. The lowest BCUT2D eigenvalue weighted by Crippen LogP contribution is -1.93. The Hall–Kier alpha value is -3.46. The van der Waals surface area contributed by atoms with E-state index in [9.17, 15) is 20.0 Å². The van der Waals surface area contributed by atoms with Gasteiger partial charge in [0.2, 0.25) is 5.75 Å². The standard InChI is InChI=1S/C16H10N2O4/c17-9-12-4-1-11(2-5-12)3-6-13-7-14(10-19)16(20)15(8-13)18(21)22/h1-8,10,20H/b6-3+. The Balaban J connectivity index is 2.38. The number of nitro groups is 1. The van der Waals surface area contributed by atoms with Gasteiger partial charge in [0.05, 0.1) is 22.1 Å². The van der Waals surface area contributed by atoms with Crippen LogP contribution in [-0.4, -0.2) is 16.3 Å². The van der Waals surface area contributed by atoms with E-state index in [0.29, 0.717) is 17.4 Å². The van der Waals surface area contributed by atoms with Crippen LogP contribution in [0, 0.1) is 21.4 Å². The van der Waals surface area contributed by atoms with Crippen LogP contribution in [0.1, 0.15) is 27.0 Å². The van der Waals surface area contributed by atoms with E-state index >= 15 is 0 Å². The number of hydrogen-bond acceptors (Lipinski definition) is 5. The zero-order valence-electron chi connectivity index (χ0n) is 11.3. The van der Waals surface area contributed by atoms with Crippen LogP contribution in [-0.2, 0) is 0 Å². The van der Waals surface area contributed by atoms with Gasteiger partial charge < -0.3 is 5.11 Å². The number of phenols is 1. The van der Waals surface area contributed by atoms with Crippen molar-refractivity contribution in [2.24, 2.45) is 0 Å². The molecule has 0 amide bonds. The Morgan fingerprint density at radius 3 is 2.32 bits per heavy atom. The third-order valence-corrected chi connectivity index (χ3v) is 2.97. The van der Waals surface area contributed by atoms with E-state index in [4.69, 9.17) is 5.26 Å². The molecular weight excluding hydrogens is 284 g/mol. The van der Waals surface area contributed by atoms with Crippen LogP contribution in [0.3, 0.4) is 0 Å². The fourth-order valence-corrected chi connectivity index (χ4v) is 1.85. The van der Waals surface area contributed by atoms with Gasteiger partial charge in [0.1, 0.15) is 0 Å². The highest BCUT2D eigenvalue weighted by Crippen LogP contribution is 2.31. The van der Waals surface area contributed by atoms with Gasteiger partial charge in [0.25, 0.3) is 0 Å². The predicted octanol–water partition coefficient (Wildman–Crippen LogP) is 3.15. The summed E-state index contributed by atoms with van der Waals surface area (Å²) >= 11 is 0. The summed E-state index contributed by atoms with van der Waals surface area (Å²) in [4.78, 5) is 21.0. The van der Waals surface area contributed by atoms with E-state index in [-0.39, 0.29) is 5.56 Å². The van der Waals surface area contributed by atoms with Gasteiger partial charge in [0, 0.05) is 6.07 Å². The van der Waals surface area contributed by atoms with Gasteiger partial charge in [-0.05, 0) is 29.3 Å². The second kappa shape index (κ2) is 6.33. The zero-order chi connectivity index (χ0) is 16.1. The van der Waals surface area contributed by atoms with E-state index in [1.807, 2.05) is 6.07 Å². The maximum Gasteiger partial charge on any atom is 0.312 e. The molecule has 0 aliphatic carbocycles. The van der Waals surface area contributed by atoms with Crippen molar-refractivity contribution in [3.63, 3.8) is 0 Å². The minimum atomic E-state index is -0.749. The van der Waals surface area contributed by atoms with Crippen molar-refractivity contribution in [1.29, 1.82) is 5.26 Å². The molecule has 0 radical (unpaired) electrons. The third-order valence-electron chi connectivity index (χ3n) is 2.97. The van der Waals surface area contributed by atoms with E-state index < -0.39 is 16.4 Å². The molecule has 0 aromatic heterocycles. The van der Waals surface area contributed by atoms with E-state index in [0.717, 1.165) is 5.56 Å². The number of nitro benzene ring substituents is 1. The number of nitrogens with zero attached hydrogens (tertiary/aromatic N) is 2. The molecule has 0 aliphatic rings. The molecule has 0 atom stereocenters. The lowest BCUT2D eigenvalue weighted by Gasteiger charge is -2.01. The first kappa shape index (κ1) is 14.9. The summed E-state index contributed by atoms with van der Waals surface area (Å²) in [5.41, 5.74) is 1.07. The Morgan fingerprint density at radius 2 is 1.77 bits per heavy atom. The quantitative estimate of drug-likeness (QED) is 0.403. The first-order chi connectivity index (χ1) is 10.5. The summed E-state index contributed by atoms with van der Waals surface area (Å²) in [5.74, 6) is -0.643. The highest BCUT2D eigenvalue weighted by Gasteiger charge is 2.17. The summed E-state index contributed by atoms with van der Waals surface area (Å²) in [5, 5.41) is 29.2. The fourth-order valence-electron chi connectivity index (χ4n) is 1.85. The van der Waals surface area contributed by atoms with Crippen molar-refractivity contribution < 1.29 is 14.8 Å². The molecule has 0 aliphatic heterocycles. The summed E-state index contributed by atoms with van der Waals surface area (Å²) in [6, 6.07) is 11.3. The van der Waals surface area contributed by atoms with Crippen molar-refractivity contribution >= 4 is 24.1 Å². The average Bonchev–Trinajstić information content (AvgIpc) is 2.54. The number of nitriles is 1. The van der Waals surface area contributed by atoms with Crippen LogP contribution < -0.4 is 0 Å². The van der Waals surface area contributed by atoms with Crippen molar-refractivity contribution in [2.45, 2.75) is 0 Å². The molecule has 2 rings (SSSR count). The molecule has 0 unspecified atom stereocenters. The third kappa shape index (κ3) is 3.16. The highest BCUT2D eigenvalue weighted by atomic mass is 16.6. The van der Waals surface area contributed by atoms with Crippen molar-refractivity contribution in [3.8, 4) is 11.8 Å². The van der Waals surface area contributed by atoms with Crippen LogP contribution in [0.2, 0.25) is 0 Å². The first-order valence-corrected chi connectivity index (χ1v) is 6.20. The number of carbonyl (C=O) groups is 1. The lowest BCUT2D eigenvalue weighted by atomic mass is 10.1. The molecule has 0 spiro atoms. The molecule has 2 aromatic carbocycles. The topological polar surface area (TPSA) is 104 Å². The minimum Gasteiger partial charge on any atom is -0.502 e. The lowest BCUT2D eigenvalue weighted by molar-refractivity contribution is -0.385. The van der Waals surface area contributed by atoms with E-state index in [2.05, 4.69) is 0 Å². The molecule has 6 nitrogen and oxygen atoms in total. The van der Waals surface area contributed by atoms with Gasteiger partial charge in [-0.25, -0.2) is 0 Å². The maximum atomic E-state index is 10.9. The Kier molecular flexibility index (Phi) is 4.30. The molecule has 0 bridgehead atoms. The minimum absolute atomic E-state index is 0.145. The zero-order valence-corrected chi connectivity index (χ0v) is 11.3. The molecule has 2 aromatic rings. The molecule has 0 fully saturated rings. The number of phenolic OH excluding ortho intramolecular Hbond substituents is 1. The number of aldehydes is 1. The maximum absolute atomic E-state index is 10.9. The van der Waals surface area contributed by atoms with Crippen molar-refractivity contribution in [2.75, 3.05) is 0 Å². The molecule has 1 N–H and O–H groups in total. The molecule has 0 saturated heterocycles. The molecule has 6 heteroatoms. The van der Waals surface area contributed by atoms with Gasteiger partial charge in [-0.1, -0.05) is 24.3 Å². The molecular formula is C16H10N2O4. The second-order valence-electron chi connectivity index (χ2n) is 4.42. The van der Waals surface area contributed by atoms with Crippen molar-refractivity contribution in [1.82, 2.24) is 0 Å². The van der Waals surface area contributed by atoms with Crippen LogP contribution in [0.5, 0.6) is 5.75 Å². The SMILES string of the molecule is N#Cc1ccc(/C=C/c2cc(C=O)c(O)c([N+](=O)[O-])c2)cc1. The number of rotatable bonds is 4. The number of hydrogen-bond donors (Lipinski definition) is 1. The smallest absolute Gasteiger partial charge is 0.312 e. The first-order valence-electron chi connectivity index (χ1n) is 6.20. The van der Waals surface area contributed by atoms with E-state index in [1.165, 1.54) is 12.1 Å². The Morgan fingerprint density at radius 1 is 1.14 bits per heavy atom. The van der Waals surface area contributed by atoms with Gasteiger partial charge in [0.15, 0.2) is 6.29 Å². The predicted molar refractivity (Wildman–Crippen MR) is 80.2 cm³/mol. The summed E-state index contributed by atoms with van der Waals surface area (Å²) in [6.45, 7) is 0. The number of aromatic hydroxyl groups is 1. The van der Waals surface area contributed by atoms with Crippen LogP contribution >= 0.6 is 0 Å². The fraction of sp³-hybridized carbons (Fsp3) is 0. The number of carbonyl (C=O) groups excluding carboxylic acids is 1. The molecule has 0 saturated carbocycles.